The summed E-state index contributed by atoms with van der Waals surface area (Å²) in [7, 11) is 0. The highest BCUT2D eigenvalue weighted by atomic mass is 32.2. The van der Waals surface area contributed by atoms with Crippen LogP contribution < -0.4 is 5.32 Å². The zero-order valence-corrected chi connectivity index (χ0v) is 14.7. The van der Waals surface area contributed by atoms with Crippen LogP contribution in [0.25, 0.3) is 0 Å². The van der Waals surface area contributed by atoms with Crippen LogP contribution in [-0.4, -0.2) is 52.4 Å². The molecule has 3 atom stereocenters. The number of thioether (sulfide) groups is 2. The van der Waals surface area contributed by atoms with Crippen LogP contribution >= 0.6 is 23.5 Å². The number of hydrogen-bond donors (Lipinski definition) is 1. The van der Waals surface area contributed by atoms with Crippen LogP contribution in [0.4, 0.5) is 0 Å². The van der Waals surface area contributed by atoms with Crippen molar-refractivity contribution in [3.05, 3.63) is 35.9 Å². The minimum Gasteiger partial charge on any atom is -0.334 e. The second kappa shape index (κ2) is 7.75. The number of amides is 1. The van der Waals surface area contributed by atoms with Crippen molar-refractivity contribution < 1.29 is 4.79 Å². The maximum Gasteiger partial charge on any atom is 0.224 e. The first kappa shape index (κ1) is 16.2. The van der Waals surface area contributed by atoms with Crippen LogP contribution in [0.2, 0.25) is 0 Å². The third kappa shape index (κ3) is 3.81. The molecule has 3 rings (SSSR count). The highest BCUT2D eigenvalue weighted by Gasteiger charge is 2.34. The number of nitrogens with one attached hydrogen (secondary N) is 1. The lowest BCUT2D eigenvalue weighted by molar-refractivity contribution is -0.134. The summed E-state index contributed by atoms with van der Waals surface area (Å²) in [5, 5.41) is 3.93. The molecule has 3 nitrogen and oxygen atoms in total. The Morgan fingerprint density at radius 1 is 1.32 bits per heavy atom. The van der Waals surface area contributed by atoms with Crippen molar-refractivity contribution in [3.63, 3.8) is 0 Å². The Morgan fingerprint density at radius 2 is 2.14 bits per heavy atom. The first-order chi connectivity index (χ1) is 10.8. The van der Waals surface area contributed by atoms with Gasteiger partial charge in [-0.3, -0.25) is 4.79 Å². The van der Waals surface area contributed by atoms with E-state index in [0.29, 0.717) is 23.6 Å². The first-order valence-corrected chi connectivity index (χ1v) is 10.2. The highest BCUT2D eigenvalue weighted by Crippen LogP contribution is 2.36. The molecule has 120 valence electrons. The van der Waals surface area contributed by atoms with Gasteiger partial charge in [-0.15, -0.1) is 0 Å². The standard InChI is InChI=1S/C17H24N2OS2/c1-13-17(14-5-3-2-4-6-14)19(8-10-22-13)16(20)11-15-12-21-9-7-18-15/h2-6,13,15,17-18H,7-12H2,1H3. The predicted octanol–water partition coefficient (Wildman–Crippen LogP) is 2.79. The number of rotatable bonds is 3. The molecule has 2 saturated heterocycles. The minimum atomic E-state index is 0.212. The van der Waals surface area contributed by atoms with Crippen LogP contribution in [0, 0.1) is 0 Å². The Labute approximate surface area is 141 Å². The molecule has 0 aromatic heterocycles. The lowest BCUT2D eigenvalue weighted by Gasteiger charge is -2.40. The largest absolute Gasteiger partial charge is 0.334 e. The molecule has 5 heteroatoms. The molecular weight excluding hydrogens is 312 g/mol. The molecule has 2 heterocycles. The summed E-state index contributed by atoms with van der Waals surface area (Å²) in [6.45, 7) is 4.14. The second-order valence-electron chi connectivity index (χ2n) is 5.95. The molecule has 1 amide bonds. The number of benzene rings is 1. The van der Waals surface area contributed by atoms with E-state index < -0.39 is 0 Å². The maximum absolute atomic E-state index is 12.9. The van der Waals surface area contributed by atoms with E-state index in [9.17, 15) is 4.79 Å². The summed E-state index contributed by atoms with van der Waals surface area (Å²) in [4.78, 5) is 15.0. The van der Waals surface area contributed by atoms with E-state index in [0.717, 1.165) is 30.3 Å². The molecule has 1 aromatic carbocycles. The third-order valence-corrected chi connectivity index (χ3v) is 6.71. The van der Waals surface area contributed by atoms with Gasteiger partial charge in [0.2, 0.25) is 5.91 Å². The van der Waals surface area contributed by atoms with E-state index in [2.05, 4.69) is 41.4 Å². The van der Waals surface area contributed by atoms with Crippen LogP contribution in [0.1, 0.15) is 24.9 Å². The molecule has 1 N–H and O–H groups in total. The molecule has 2 aliphatic rings. The fraction of sp³-hybridized carbons (Fsp3) is 0.588. The van der Waals surface area contributed by atoms with Crippen molar-refractivity contribution in [2.24, 2.45) is 0 Å². The zero-order chi connectivity index (χ0) is 15.4. The quantitative estimate of drug-likeness (QED) is 0.920. The average molecular weight is 337 g/mol. The van der Waals surface area contributed by atoms with Gasteiger partial charge in [-0.2, -0.15) is 23.5 Å². The van der Waals surface area contributed by atoms with Gasteiger partial charge in [0, 0.05) is 48.1 Å². The first-order valence-electron chi connectivity index (χ1n) is 8.03. The van der Waals surface area contributed by atoms with Crippen molar-refractivity contribution in [1.29, 1.82) is 0 Å². The average Bonchev–Trinajstić information content (AvgIpc) is 2.56. The fourth-order valence-electron chi connectivity index (χ4n) is 3.28. The molecule has 0 saturated carbocycles. The van der Waals surface area contributed by atoms with Gasteiger partial charge < -0.3 is 10.2 Å². The van der Waals surface area contributed by atoms with Crippen molar-refractivity contribution in [1.82, 2.24) is 10.2 Å². The monoisotopic (exact) mass is 336 g/mol. The molecule has 2 aliphatic heterocycles. The fourth-order valence-corrected chi connectivity index (χ4v) is 5.39. The number of carbonyl (C=O) groups excluding carboxylic acids is 1. The SMILES string of the molecule is CC1SCCN(C(=O)CC2CSCCN2)C1c1ccccc1. The minimum absolute atomic E-state index is 0.212. The second-order valence-corrected chi connectivity index (χ2v) is 8.58. The Balaban J connectivity index is 1.72. The molecule has 2 fully saturated rings. The summed E-state index contributed by atoms with van der Waals surface area (Å²) >= 11 is 3.93. The molecule has 0 aliphatic carbocycles. The molecule has 22 heavy (non-hydrogen) atoms. The van der Waals surface area contributed by atoms with Gasteiger partial charge in [0.05, 0.1) is 6.04 Å². The normalized spacial score (nSPS) is 29.3. The van der Waals surface area contributed by atoms with Gasteiger partial charge in [0.25, 0.3) is 0 Å². The zero-order valence-electron chi connectivity index (χ0n) is 13.0. The van der Waals surface area contributed by atoms with Crippen molar-refractivity contribution >= 4 is 29.4 Å². The lowest BCUT2D eigenvalue weighted by atomic mass is 10.0. The molecule has 0 radical (unpaired) electrons. The molecular formula is C17H24N2OS2. The molecule has 0 bridgehead atoms. The third-order valence-electron chi connectivity index (χ3n) is 4.37. The number of carbonyl (C=O) groups is 1. The van der Waals surface area contributed by atoms with E-state index in [-0.39, 0.29) is 6.04 Å². The van der Waals surface area contributed by atoms with E-state index in [1.54, 1.807) is 0 Å². The summed E-state index contributed by atoms with van der Waals surface area (Å²) in [6.07, 6.45) is 0.633. The Bertz CT molecular complexity index is 491. The summed E-state index contributed by atoms with van der Waals surface area (Å²) < 4.78 is 0. The van der Waals surface area contributed by atoms with Crippen LogP contribution in [0.5, 0.6) is 0 Å². The number of nitrogens with zero attached hydrogens (tertiary/aromatic N) is 1. The van der Waals surface area contributed by atoms with E-state index >= 15 is 0 Å². The van der Waals surface area contributed by atoms with Crippen molar-refractivity contribution in [2.45, 2.75) is 30.7 Å². The van der Waals surface area contributed by atoms with Crippen LogP contribution in [-0.2, 0) is 4.79 Å². The molecule has 0 spiro atoms. The maximum atomic E-state index is 12.9. The van der Waals surface area contributed by atoms with Gasteiger partial charge in [0.1, 0.15) is 0 Å². The van der Waals surface area contributed by atoms with Gasteiger partial charge >= 0.3 is 0 Å². The molecule has 1 aromatic rings. The van der Waals surface area contributed by atoms with E-state index in [1.165, 1.54) is 5.56 Å². The van der Waals surface area contributed by atoms with E-state index in [4.69, 9.17) is 0 Å². The smallest absolute Gasteiger partial charge is 0.224 e. The Kier molecular flexibility index (Phi) is 5.71. The Morgan fingerprint density at radius 3 is 2.86 bits per heavy atom. The lowest BCUT2D eigenvalue weighted by Crippen LogP contribution is -2.47. The Hall–Kier alpha value is -0.650. The van der Waals surface area contributed by atoms with Crippen LogP contribution in [0.15, 0.2) is 30.3 Å². The van der Waals surface area contributed by atoms with Gasteiger partial charge in [-0.25, -0.2) is 0 Å². The van der Waals surface area contributed by atoms with Crippen molar-refractivity contribution in [2.75, 3.05) is 30.3 Å². The number of hydrogen-bond acceptors (Lipinski definition) is 4. The summed E-state index contributed by atoms with van der Waals surface area (Å²) in [5.74, 6) is 3.57. The molecule has 3 unspecified atom stereocenters. The van der Waals surface area contributed by atoms with Crippen molar-refractivity contribution in [3.8, 4) is 0 Å². The summed E-state index contributed by atoms with van der Waals surface area (Å²) in [6, 6.07) is 11.0. The highest BCUT2D eigenvalue weighted by molar-refractivity contribution is 8.00. The predicted molar refractivity (Wildman–Crippen MR) is 96.5 cm³/mol. The van der Waals surface area contributed by atoms with E-state index in [1.807, 2.05) is 29.6 Å². The van der Waals surface area contributed by atoms with Gasteiger partial charge in [-0.05, 0) is 5.56 Å². The van der Waals surface area contributed by atoms with Gasteiger partial charge in [0.15, 0.2) is 0 Å². The topological polar surface area (TPSA) is 32.3 Å². The summed E-state index contributed by atoms with van der Waals surface area (Å²) in [5.41, 5.74) is 1.27. The van der Waals surface area contributed by atoms with Gasteiger partial charge in [-0.1, -0.05) is 37.3 Å². The van der Waals surface area contributed by atoms with Crippen LogP contribution in [0.3, 0.4) is 0 Å².